The Labute approximate surface area is 107 Å². The maximum Gasteiger partial charge on any atom is 0.217 e. The maximum absolute atomic E-state index is 11.8. The molecule has 0 spiro atoms. The molecule has 0 aliphatic heterocycles. The minimum Gasteiger partial charge on any atom is -0.370 e. The molecule has 0 aromatic heterocycles. The molecule has 4 nitrogen and oxygen atoms in total. The van der Waals surface area contributed by atoms with Gasteiger partial charge in [-0.3, -0.25) is 9.59 Å². The zero-order chi connectivity index (χ0) is 13.4. The second kappa shape index (κ2) is 7.61. The van der Waals surface area contributed by atoms with Crippen LogP contribution in [0.15, 0.2) is 30.3 Å². The average Bonchev–Trinajstić information content (AvgIpc) is 2.36. The Balaban J connectivity index is 2.25. The van der Waals surface area contributed by atoms with Gasteiger partial charge in [-0.2, -0.15) is 0 Å². The van der Waals surface area contributed by atoms with Gasteiger partial charge in [0.2, 0.25) is 5.91 Å². The third kappa shape index (κ3) is 5.59. The van der Waals surface area contributed by atoms with Crippen molar-refractivity contribution in [2.75, 3.05) is 0 Å². The van der Waals surface area contributed by atoms with Crippen LogP contribution in [0.5, 0.6) is 0 Å². The van der Waals surface area contributed by atoms with Gasteiger partial charge in [-0.1, -0.05) is 30.3 Å². The van der Waals surface area contributed by atoms with E-state index >= 15 is 0 Å². The monoisotopic (exact) mass is 248 g/mol. The summed E-state index contributed by atoms with van der Waals surface area (Å²) < 4.78 is 0. The summed E-state index contributed by atoms with van der Waals surface area (Å²) in [5.41, 5.74) is 11.9. The van der Waals surface area contributed by atoms with E-state index in [2.05, 4.69) is 0 Å². The Morgan fingerprint density at radius 1 is 1.11 bits per heavy atom. The number of aryl methyl sites for hydroxylation is 1. The molecule has 1 aromatic rings. The van der Waals surface area contributed by atoms with Crippen LogP contribution >= 0.6 is 0 Å². The molecule has 1 aromatic carbocycles. The highest BCUT2D eigenvalue weighted by atomic mass is 16.1. The van der Waals surface area contributed by atoms with E-state index in [1.807, 2.05) is 30.3 Å². The van der Waals surface area contributed by atoms with E-state index in [9.17, 15) is 9.59 Å². The highest BCUT2D eigenvalue weighted by molar-refractivity contribution is 5.84. The third-order valence-corrected chi connectivity index (χ3v) is 2.85. The number of carbonyl (C=O) groups excluding carboxylic acids is 2. The fraction of sp³-hybridized carbons (Fsp3) is 0.429. The highest BCUT2D eigenvalue weighted by Crippen LogP contribution is 2.06. The minimum absolute atomic E-state index is 0.0447. The van der Waals surface area contributed by atoms with Crippen molar-refractivity contribution >= 4 is 11.7 Å². The molecular formula is C14H20N2O2. The second-order valence-corrected chi connectivity index (χ2v) is 4.42. The second-order valence-electron chi connectivity index (χ2n) is 4.42. The summed E-state index contributed by atoms with van der Waals surface area (Å²) in [7, 11) is 0. The molecule has 0 aliphatic rings. The van der Waals surface area contributed by atoms with Crippen LogP contribution in [0.3, 0.4) is 0 Å². The smallest absolute Gasteiger partial charge is 0.217 e. The number of nitrogens with two attached hydrogens (primary N) is 2. The van der Waals surface area contributed by atoms with Crippen LogP contribution in [0.25, 0.3) is 0 Å². The van der Waals surface area contributed by atoms with Gasteiger partial charge in [0, 0.05) is 12.8 Å². The number of Topliss-reactive ketones (excluding diaryl/α,β-unsaturated/α-hetero) is 1. The first-order valence-electron chi connectivity index (χ1n) is 6.20. The van der Waals surface area contributed by atoms with Crippen molar-refractivity contribution in [1.82, 2.24) is 0 Å². The topological polar surface area (TPSA) is 86.2 Å². The van der Waals surface area contributed by atoms with E-state index in [0.29, 0.717) is 32.1 Å². The zero-order valence-corrected chi connectivity index (χ0v) is 10.5. The summed E-state index contributed by atoms with van der Waals surface area (Å²) in [6, 6.07) is 9.35. The van der Waals surface area contributed by atoms with Crippen LogP contribution in [0, 0.1) is 0 Å². The van der Waals surface area contributed by atoms with Crippen molar-refractivity contribution in [2.45, 2.75) is 38.1 Å². The van der Waals surface area contributed by atoms with Gasteiger partial charge in [0.05, 0.1) is 6.04 Å². The molecule has 0 bridgehead atoms. The number of amides is 1. The standard InChI is InChI=1S/C14H20N2O2/c15-12(7-4-8-14(16)18)13(17)10-9-11-5-2-1-3-6-11/h1-3,5-6,12H,4,7-10,15H2,(H2,16,18)/t12-/m0/s1. The molecule has 98 valence electrons. The summed E-state index contributed by atoms with van der Waals surface area (Å²) >= 11 is 0. The number of rotatable bonds is 8. The van der Waals surface area contributed by atoms with Crippen molar-refractivity contribution in [1.29, 1.82) is 0 Å². The number of primary amides is 1. The summed E-state index contributed by atoms with van der Waals surface area (Å²) in [5, 5.41) is 0. The Hall–Kier alpha value is -1.68. The molecule has 1 amide bonds. The highest BCUT2D eigenvalue weighted by Gasteiger charge is 2.13. The molecule has 0 saturated carbocycles. The number of hydrogen-bond donors (Lipinski definition) is 2. The fourth-order valence-corrected chi connectivity index (χ4v) is 1.75. The molecule has 0 fully saturated rings. The summed E-state index contributed by atoms with van der Waals surface area (Å²) in [6.45, 7) is 0. The van der Waals surface area contributed by atoms with Gasteiger partial charge in [-0.15, -0.1) is 0 Å². The molecule has 1 atom stereocenters. The molecule has 0 aliphatic carbocycles. The first-order valence-corrected chi connectivity index (χ1v) is 6.20. The van der Waals surface area contributed by atoms with Gasteiger partial charge >= 0.3 is 0 Å². The third-order valence-electron chi connectivity index (χ3n) is 2.85. The Morgan fingerprint density at radius 2 is 1.78 bits per heavy atom. The van der Waals surface area contributed by atoms with Gasteiger partial charge in [0.25, 0.3) is 0 Å². The largest absolute Gasteiger partial charge is 0.370 e. The predicted molar refractivity (Wildman–Crippen MR) is 70.8 cm³/mol. The molecule has 4 N–H and O–H groups in total. The van der Waals surface area contributed by atoms with E-state index in [1.54, 1.807) is 0 Å². The zero-order valence-electron chi connectivity index (χ0n) is 10.5. The molecule has 4 heteroatoms. The predicted octanol–water partition coefficient (Wildman–Crippen LogP) is 1.17. The summed E-state index contributed by atoms with van der Waals surface area (Å²) in [6.07, 6.45) is 2.55. The van der Waals surface area contributed by atoms with Crippen LogP contribution in [0.2, 0.25) is 0 Å². The normalized spacial score (nSPS) is 12.1. The van der Waals surface area contributed by atoms with Crippen molar-refractivity contribution in [3.8, 4) is 0 Å². The van der Waals surface area contributed by atoms with Crippen LogP contribution < -0.4 is 11.5 Å². The lowest BCUT2D eigenvalue weighted by Gasteiger charge is -2.09. The molecule has 1 rings (SSSR count). The lowest BCUT2D eigenvalue weighted by molar-refractivity contribution is -0.121. The van der Waals surface area contributed by atoms with Gasteiger partial charge < -0.3 is 11.5 Å². The quantitative estimate of drug-likeness (QED) is 0.724. The summed E-state index contributed by atoms with van der Waals surface area (Å²) in [4.78, 5) is 22.3. The molecule has 0 radical (unpaired) electrons. The Morgan fingerprint density at radius 3 is 2.39 bits per heavy atom. The van der Waals surface area contributed by atoms with Crippen LogP contribution in [-0.2, 0) is 16.0 Å². The van der Waals surface area contributed by atoms with Crippen molar-refractivity contribution in [2.24, 2.45) is 11.5 Å². The molecule has 0 saturated heterocycles. The molecule has 0 heterocycles. The van der Waals surface area contributed by atoms with Crippen LogP contribution in [0.4, 0.5) is 0 Å². The number of carbonyl (C=O) groups is 2. The lowest BCUT2D eigenvalue weighted by Crippen LogP contribution is -2.31. The van der Waals surface area contributed by atoms with E-state index in [1.165, 1.54) is 0 Å². The van der Waals surface area contributed by atoms with Gasteiger partial charge in [0.15, 0.2) is 0 Å². The van der Waals surface area contributed by atoms with E-state index in [4.69, 9.17) is 11.5 Å². The first-order chi connectivity index (χ1) is 8.59. The van der Waals surface area contributed by atoms with Crippen LogP contribution in [0.1, 0.15) is 31.2 Å². The first kappa shape index (κ1) is 14.4. The molecular weight excluding hydrogens is 228 g/mol. The van der Waals surface area contributed by atoms with Crippen LogP contribution in [-0.4, -0.2) is 17.7 Å². The summed E-state index contributed by atoms with van der Waals surface area (Å²) in [5.74, 6) is -0.303. The molecule has 0 unspecified atom stereocenters. The van der Waals surface area contributed by atoms with E-state index < -0.39 is 6.04 Å². The van der Waals surface area contributed by atoms with Crippen molar-refractivity contribution < 1.29 is 9.59 Å². The number of benzene rings is 1. The number of ketones is 1. The van der Waals surface area contributed by atoms with E-state index in [-0.39, 0.29) is 11.7 Å². The van der Waals surface area contributed by atoms with E-state index in [0.717, 1.165) is 5.56 Å². The van der Waals surface area contributed by atoms with Gasteiger partial charge in [0.1, 0.15) is 5.78 Å². The Kier molecular flexibility index (Phi) is 6.08. The molecule has 18 heavy (non-hydrogen) atoms. The SMILES string of the molecule is NC(=O)CCC[C@H](N)C(=O)CCc1ccccc1. The fourth-order valence-electron chi connectivity index (χ4n) is 1.75. The van der Waals surface area contributed by atoms with Gasteiger partial charge in [-0.25, -0.2) is 0 Å². The van der Waals surface area contributed by atoms with Crippen molar-refractivity contribution in [3.63, 3.8) is 0 Å². The minimum atomic E-state index is -0.479. The maximum atomic E-state index is 11.8. The van der Waals surface area contributed by atoms with Gasteiger partial charge in [-0.05, 0) is 24.8 Å². The number of hydrogen-bond acceptors (Lipinski definition) is 3. The lowest BCUT2D eigenvalue weighted by atomic mass is 10.0. The van der Waals surface area contributed by atoms with Crippen molar-refractivity contribution in [3.05, 3.63) is 35.9 Å². The Bertz CT molecular complexity index is 390. The average molecular weight is 248 g/mol.